The van der Waals surface area contributed by atoms with Gasteiger partial charge in [-0.25, -0.2) is 9.78 Å². The van der Waals surface area contributed by atoms with Crippen molar-refractivity contribution in [1.82, 2.24) is 25.1 Å². The Labute approximate surface area is 184 Å². The number of para-hydroxylation sites is 1. The number of nitrogens with zero attached hydrogens (tertiary/aromatic N) is 3. The van der Waals surface area contributed by atoms with Gasteiger partial charge in [-0.3, -0.25) is 9.69 Å². The first-order valence-corrected chi connectivity index (χ1v) is 10.6. The van der Waals surface area contributed by atoms with E-state index in [0.29, 0.717) is 73.4 Å². The average molecular weight is 442 g/mol. The number of carbonyl (C=O) groups excluding carboxylic acids is 1. The van der Waals surface area contributed by atoms with Gasteiger partial charge in [0.05, 0.1) is 24.0 Å². The van der Waals surface area contributed by atoms with Crippen molar-refractivity contribution in [2.45, 2.75) is 6.54 Å². The van der Waals surface area contributed by atoms with Crippen LogP contribution in [0.1, 0.15) is 5.82 Å². The summed E-state index contributed by atoms with van der Waals surface area (Å²) in [5.41, 5.74) is 0.567. The summed E-state index contributed by atoms with van der Waals surface area (Å²) in [6, 6.07) is 14.4. The van der Waals surface area contributed by atoms with Crippen LogP contribution in [0.15, 0.2) is 53.3 Å². The molecule has 2 aromatic carbocycles. The second-order valence-corrected chi connectivity index (χ2v) is 7.77. The number of halogens is 1. The Kier molecular flexibility index (Phi) is 6.69. The summed E-state index contributed by atoms with van der Waals surface area (Å²) in [7, 11) is 0. The molecule has 0 aliphatic carbocycles. The number of urea groups is 1. The van der Waals surface area contributed by atoms with Crippen LogP contribution in [0.3, 0.4) is 0 Å². The minimum absolute atomic E-state index is 0.105. The summed E-state index contributed by atoms with van der Waals surface area (Å²) in [6.45, 7) is 3.97. The number of fused-ring (bicyclic) bond motifs is 1. The van der Waals surface area contributed by atoms with E-state index in [9.17, 15) is 9.59 Å². The zero-order valence-electron chi connectivity index (χ0n) is 17.0. The number of aromatic amines is 1. The summed E-state index contributed by atoms with van der Waals surface area (Å²) in [6.07, 6.45) is 0. The summed E-state index contributed by atoms with van der Waals surface area (Å²) in [5.74, 6) is 1.32. The second-order valence-electron chi connectivity index (χ2n) is 7.33. The molecular formula is C22H24ClN5O3. The highest BCUT2D eigenvalue weighted by Crippen LogP contribution is 2.16. The molecule has 2 N–H and O–H groups in total. The number of H-pyrrole nitrogens is 1. The van der Waals surface area contributed by atoms with E-state index in [0.717, 1.165) is 0 Å². The van der Waals surface area contributed by atoms with Crippen molar-refractivity contribution in [3.05, 3.63) is 69.7 Å². The Hall–Kier alpha value is -3.10. The number of aromatic nitrogens is 2. The maximum atomic E-state index is 12.4. The molecule has 3 aromatic rings. The quantitative estimate of drug-likeness (QED) is 0.573. The van der Waals surface area contributed by atoms with E-state index in [1.165, 1.54) is 0 Å². The molecule has 0 atom stereocenters. The van der Waals surface area contributed by atoms with Crippen LogP contribution in [0.5, 0.6) is 5.75 Å². The van der Waals surface area contributed by atoms with Crippen LogP contribution in [-0.2, 0) is 6.54 Å². The fourth-order valence-corrected chi connectivity index (χ4v) is 3.71. The van der Waals surface area contributed by atoms with Crippen molar-refractivity contribution in [2.24, 2.45) is 0 Å². The number of rotatable bonds is 6. The Balaban J connectivity index is 1.21. The lowest BCUT2D eigenvalue weighted by Crippen LogP contribution is -2.52. The maximum absolute atomic E-state index is 12.4. The average Bonchev–Trinajstić information content (AvgIpc) is 2.77. The van der Waals surface area contributed by atoms with E-state index in [4.69, 9.17) is 16.3 Å². The Morgan fingerprint density at radius 2 is 1.94 bits per heavy atom. The van der Waals surface area contributed by atoms with Crippen molar-refractivity contribution in [1.29, 1.82) is 0 Å². The molecule has 0 saturated carbocycles. The fraction of sp³-hybridized carbons (Fsp3) is 0.318. The summed E-state index contributed by atoms with van der Waals surface area (Å²) < 4.78 is 5.59. The van der Waals surface area contributed by atoms with Crippen molar-refractivity contribution in [3.63, 3.8) is 0 Å². The van der Waals surface area contributed by atoms with Gasteiger partial charge in [0.15, 0.2) is 0 Å². The first-order valence-electron chi connectivity index (χ1n) is 10.2. The van der Waals surface area contributed by atoms with E-state index >= 15 is 0 Å². The zero-order valence-corrected chi connectivity index (χ0v) is 17.8. The molecule has 4 rings (SSSR count). The van der Waals surface area contributed by atoms with Gasteiger partial charge in [0.1, 0.15) is 18.2 Å². The molecule has 9 heteroatoms. The number of benzene rings is 2. The number of carbonyl (C=O) groups is 1. The molecule has 1 saturated heterocycles. The summed E-state index contributed by atoms with van der Waals surface area (Å²) in [5, 5.41) is 4.08. The van der Waals surface area contributed by atoms with E-state index in [1.807, 2.05) is 30.3 Å². The highest BCUT2D eigenvalue weighted by molar-refractivity contribution is 6.30. The van der Waals surface area contributed by atoms with Gasteiger partial charge in [0.25, 0.3) is 5.56 Å². The number of amides is 2. The smallest absolute Gasteiger partial charge is 0.317 e. The van der Waals surface area contributed by atoms with Gasteiger partial charge < -0.3 is 19.9 Å². The third-order valence-corrected chi connectivity index (χ3v) is 5.37. The van der Waals surface area contributed by atoms with Crippen molar-refractivity contribution < 1.29 is 9.53 Å². The van der Waals surface area contributed by atoms with E-state index in [2.05, 4.69) is 20.2 Å². The third kappa shape index (κ3) is 5.53. The topological polar surface area (TPSA) is 90.6 Å². The lowest BCUT2D eigenvalue weighted by molar-refractivity contribution is 0.132. The predicted octanol–water partition coefficient (Wildman–Crippen LogP) is 2.48. The van der Waals surface area contributed by atoms with Crippen LogP contribution in [0.4, 0.5) is 4.79 Å². The van der Waals surface area contributed by atoms with Gasteiger partial charge in [-0.1, -0.05) is 29.8 Å². The zero-order chi connectivity index (χ0) is 21.6. The number of nitrogens with one attached hydrogen (secondary N) is 2. The lowest BCUT2D eigenvalue weighted by Gasteiger charge is -2.34. The monoisotopic (exact) mass is 441 g/mol. The SMILES string of the molecule is O=C(NCCOc1cccc(Cl)c1)N1CCN(Cc2nc3ccccc3c(=O)[nH]2)CC1. The standard InChI is InChI=1S/C22H24ClN5O3/c23-16-4-3-5-17(14-16)31-13-8-24-22(30)28-11-9-27(10-12-28)15-20-25-19-7-2-1-6-18(19)21(29)26-20/h1-7,14H,8-13,15H2,(H,24,30)(H,25,26,29). The Bertz CT molecular complexity index is 1110. The number of piperazine rings is 1. The maximum Gasteiger partial charge on any atom is 0.317 e. The van der Waals surface area contributed by atoms with Gasteiger partial charge >= 0.3 is 6.03 Å². The number of hydrogen-bond donors (Lipinski definition) is 2. The molecule has 1 aliphatic rings. The Morgan fingerprint density at radius 3 is 2.74 bits per heavy atom. The largest absolute Gasteiger partial charge is 0.492 e. The molecule has 1 fully saturated rings. The molecule has 8 nitrogen and oxygen atoms in total. The molecule has 31 heavy (non-hydrogen) atoms. The molecule has 0 radical (unpaired) electrons. The first kappa shape index (κ1) is 21.1. The molecule has 2 heterocycles. The first-order chi connectivity index (χ1) is 15.1. The van der Waals surface area contributed by atoms with Gasteiger partial charge in [-0.15, -0.1) is 0 Å². The van der Waals surface area contributed by atoms with Gasteiger partial charge in [-0.2, -0.15) is 0 Å². The second kappa shape index (κ2) is 9.80. The van der Waals surface area contributed by atoms with Crippen molar-refractivity contribution >= 4 is 28.5 Å². The molecule has 1 aliphatic heterocycles. The number of hydrogen-bond acceptors (Lipinski definition) is 5. The highest BCUT2D eigenvalue weighted by Gasteiger charge is 2.21. The molecule has 2 amide bonds. The molecule has 0 unspecified atom stereocenters. The van der Waals surface area contributed by atoms with E-state index in [1.54, 1.807) is 23.1 Å². The normalized spacial score (nSPS) is 14.5. The van der Waals surface area contributed by atoms with Gasteiger partial charge in [0, 0.05) is 31.2 Å². The number of ether oxygens (including phenoxy) is 1. The van der Waals surface area contributed by atoms with Crippen molar-refractivity contribution in [2.75, 3.05) is 39.3 Å². The highest BCUT2D eigenvalue weighted by atomic mass is 35.5. The third-order valence-electron chi connectivity index (χ3n) is 5.14. The predicted molar refractivity (Wildman–Crippen MR) is 120 cm³/mol. The van der Waals surface area contributed by atoms with Crippen LogP contribution < -0.4 is 15.6 Å². The van der Waals surface area contributed by atoms with Crippen LogP contribution in [0.25, 0.3) is 10.9 Å². The van der Waals surface area contributed by atoms with Gasteiger partial charge in [-0.05, 0) is 30.3 Å². The van der Waals surface area contributed by atoms with Crippen molar-refractivity contribution in [3.8, 4) is 5.75 Å². The molecule has 1 aromatic heterocycles. The molecule has 162 valence electrons. The molecular weight excluding hydrogens is 418 g/mol. The van der Waals surface area contributed by atoms with Crippen LogP contribution in [-0.4, -0.2) is 65.1 Å². The van der Waals surface area contributed by atoms with Gasteiger partial charge in [0.2, 0.25) is 0 Å². The van der Waals surface area contributed by atoms with Crippen LogP contribution in [0.2, 0.25) is 5.02 Å². The molecule has 0 bridgehead atoms. The Morgan fingerprint density at radius 1 is 1.13 bits per heavy atom. The van der Waals surface area contributed by atoms with E-state index in [-0.39, 0.29) is 11.6 Å². The fourth-order valence-electron chi connectivity index (χ4n) is 3.53. The van der Waals surface area contributed by atoms with Crippen LogP contribution >= 0.6 is 11.6 Å². The minimum atomic E-state index is -0.126. The van der Waals surface area contributed by atoms with E-state index < -0.39 is 0 Å². The van der Waals surface area contributed by atoms with Crippen LogP contribution in [0, 0.1) is 0 Å². The lowest BCUT2D eigenvalue weighted by atomic mass is 10.2. The summed E-state index contributed by atoms with van der Waals surface area (Å²) in [4.78, 5) is 36.0. The minimum Gasteiger partial charge on any atom is -0.492 e. The summed E-state index contributed by atoms with van der Waals surface area (Å²) >= 11 is 5.92. The molecule has 0 spiro atoms.